The number of imidazole rings is 1. The van der Waals surface area contributed by atoms with Crippen molar-refractivity contribution in [2.75, 3.05) is 5.73 Å². The van der Waals surface area contributed by atoms with Crippen molar-refractivity contribution in [2.45, 2.75) is 52.4 Å². The van der Waals surface area contributed by atoms with Gasteiger partial charge in [0.05, 0.1) is 5.69 Å². The summed E-state index contributed by atoms with van der Waals surface area (Å²) < 4.78 is 1.83. The highest BCUT2D eigenvalue weighted by molar-refractivity contribution is 5.70. The molecular weight excluding hydrogens is 226 g/mol. The fourth-order valence-electron chi connectivity index (χ4n) is 1.99. The van der Waals surface area contributed by atoms with Crippen molar-refractivity contribution in [2.24, 2.45) is 0 Å². The molecule has 0 saturated carbocycles. The monoisotopic (exact) mass is 247 g/mol. The molecule has 2 rings (SSSR count). The van der Waals surface area contributed by atoms with E-state index in [0.717, 1.165) is 23.5 Å². The van der Waals surface area contributed by atoms with E-state index in [-0.39, 0.29) is 5.41 Å². The minimum Gasteiger partial charge on any atom is -0.382 e. The van der Waals surface area contributed by atoms with Gasteiger partial charge in [-0.25, -0.2) is 14.5 Å². The fourth-order valence-corrected chi connectivity index (χ4v) is 1.99. The van der Waals surface area contributed by atoms with Crippen molar-refractivity contribution in [1.29, 1.82) is 0 Å². The summed E-state index contributed by atoms with van der Waals surface area (Å²) >= 11 is 0. The van der Waals surface area contributed by atoms with Gasteiger partial charge in [0.15, 0.2) is 5.82 Å². The molecule has 0 aliphatic rings. The molecule has 0 aliphatic heterocycles. The molecule has 0 aliphatic carbocycles. The van der Waals surface area contributed by atoms with Crippen molar-refractivity contribution < 1.29 is 0 Å². The average Bonchev–Trinajstić information content (AvgIpc) is 2.70. The molecule has 0 unspecified atom stereocenters. The summed E-state index contributed by atoms with van der Waals surface area (Å²) in [6.45, 7) is 10.7. The molecule has 0 aromatic carbocycles. The molecule has 2 heterocycles. The predicted octanol–water partition coefficient (Wildman–Crippen LogP) is 2.52. The quantitative estimate of drug-likeness (QED) is 0.904. The van der Waals surface area contributed by atoms with Gasteiger partial charge in [-0.05, 0) is 6.42 Å². The summed E-state index contributed by atoms with van der Waals surface area (Å²) in [6.07, 6.45) is 2.48. The number of nitrogen functional groups attached to an aromatic ring is 1. The van der Waals surface area contributed by atoms with Gasteiger partial charge in [-0.1, -0.05) is 34.6 Å². The number of nitrogens with two attached hydrogens (primary N) is 1. The van der Waals surface area contributed by atoms with Crippen LogP contribution < -0.4 is 5.73 Å². The maximum absolute atomic E-state index is 6.01. The molecule has 0 spiro atoms. The standard InChI is InChI=1S/C13H21N5/c1-6-13(4,5)10-9-11(14)15-7-16-18(9)12(17-10)8(2)3/h7-8H,6H2,1-5H3,(H2,14,15,16). The maximum atomic E-state index is 6.01. The Balaban J connectivity index is 2.82. The van der Waals surface area contributed by atoms with Crippen LogP contribution in [0, 0.1) is 0 Å². The van der Waals surface area contributed by atoms with Crippen molar-refractivity contribution in [3.63, 3.8) is 0 Å². The number of fused-ring (bicyclic) bond motifs is 1. The van der Waals surface area contributed by atoms with Crippen LogP contribution in [0.15, 0.2) is 6.33 Å². The van der Waals surface area contributed by atoms with E-state index in [1.54, 1.807) is 0 Å². The van der Waals surface area contributed by atoms with Crippen LogP contribution in [0.5, 0.6) is 0 Å². The lowest BCUT2D eigenvalue weighted by Gasteiger charge is -2.20. The lowest BCUT2D eigenvalue weighted by Crippen LogP contribution is -2.17. The molecule has 2 aromatic rings. The number of hydrogen-bond donors (Lipinski definition) is 1. The first-order valence-electron chi connectivity index (χ1n) is 6.38. The van der Waals surface area contributed by atoms with E-state index in [2.05, 4.69) is 44.7 Å². The average molecular weight is 247 g/mol. The zero-order valence-electron chi connectivity index (χ0n) is 11.7. The van der Waals surface area contributed by atoms with Crippen molar-refractivity contribution >= 4 is 11.3 Å². The number of aromatic nitrogens is 4. The molecular formula is C13H21N5. The van der Waals surface area contributed by atoms with Gasteiger partial charge in [-0.2, -0.15) is 5.10 Å². The first-order valence-corrected chi connectivity index (χ1v) is 6.38. The van der Waals surface area contributed by atoms with Crippen LogP contribution >= 0.6 is 0 Å². The molecule has 0 bridgehead atoms. The molecule has 2 N–H and O–H groups in total. The zero-order valence-corrected chi connectivity index (χ0v) is 11.7. The first kappa shape index (κ1) is 12.8. The number of anilines is 1. The molecule has 0 fully saturated rings. The van der Waals surface area contributed by atoms with Crippen LogP contribution in [0.4, 0.5) is 5.82 Å². The van der Waals surface area contributed by atoms with Crippen LogP contribution in [-0.2, 0) is 5.41 Å². The van der Waals surface area contributed by atoms with E-state index in [9.17, 15) is 0 Å². The molecule has 5 nitrogen and oxygen atoms in total. The molecule has 2 aromatic heterocycles. The third kappa shape index (κ3) is 1.83. The van der Waals surface area contributed by atoms with E-state index in [0.29, 0.717) is 11.7 Å². The second-order valence-electron chi connectivity index (χ2n) is 5.62. The lowest BCUT2D eigenvalue weighted by molar-refractivity contribution is 0.495. The van der Waals surface area contributed by atoms with Crippen LogP contribution in [0.25, 0.3) is 5.52 Å². The Morgan fingerprint density at radius 1 is 1.39 bits per heavy atom. The van der Waals surface area contributed by atoms with Gasteiger partial charge in [0.25, 0.3) is 0 Å². The zero-order chi connectivity index (χ0) is 13.5. The SMILES string of the molecule is CCC(C)(C)c1nc(C(C)C)n2ncnc(N)c12. The van der Waals surface area contributed by atoms with E-state index in [1.165, 1.54) is 6.33 Å². The Labute approximate surface area is 107 Å². The summed E-state index contributed by atoms with van der Waals surface area (Å²) in [7, 11) is 0. The molecule has 0 radical (unpaired) electrons. The van der Waals surface area contributed by atoms with Crippen molar-refractivity contribution in [1.82, 2.24) is 19.6 Å². The summed E-state index contributed by atoms with van der Waals surface area (Å²) in [5.74, 6) is 1.74. The Morgan fingerprint density at radius 3 is 2.61 bits per heavy atom. The lowest BCUT2D eigenvalue weighted by atomic mass is 9.86. The Bertz CT molecular complexity index is 568. The molecule has 98 valence electrons. The number of nitrogens with zero attached hydrogens (tertiary/aromatic N) is 4. The smallest absolute Gasteiger partial charge is 0.153 e. The summed E-state index contributed by atoms with van der Waals surface area (Å²) in [4.78, 5) is 8.87. The topological polar surface area (TPSA) is 69.1 Å². The Kier molecular flexibility index (Phi) is 3.00. The Hall–Kier alpha value is -1.65. The third-order valence-corrected chi connectivity index (χ3v) is 3.53. The second-order valence-corrected chi connectivity index (χ2v) is 5.62. The van der Waals surface area contributed by atoms with Crippen LogP contribution in [0.1, 0.15) is 58.5 Å². The normalized spacial score (nSPS) is 12.6. The largest absolute Gasteiger partial charge is 0.382 e. The maximum Gasteiger partial charge on any atom is 0.153 e. The van der Waals surface area contributed by atoms with Gasteiger partial charge in [0, 0.05) is 11.3 Å². The number of rotatable bonds is 3. The minimum atomic E-state index is -0.0305. The summed E-state index contributed by atoms with van der Waals surface area (Å²) in [5, 5.41) is 4.29. The highest BCUT2D eigenvalue weighted by Crippen LogP contribution is 2.33. The van der Waals surface area contributed by atoms with Gasteiger partial charge >= 0.3 is 0 Å². The van der Waals surface area contributed by atoms with Gasteiger partial charge in [-0.15, -0.1) is 0 Å². The Morgan fingerprint density at radius 2 is 2.06 bits per heavy atom. The fraction of sp³-hybridized carbons (Fsp3) is 0.615. The number of hydrogen-bond acceptors (Lipinski definition) is 4. The van der Waals surface area contributed by atoms with Gasteiger partial charge in [-0.3, -0.25) is 0 Å². The van der Waals surface area contributed by atoms with E-state index < -0.39 is 0 Å². The van der Waals surface area contributed by atoms with E-state index in [1.807, 2.05) is 4.52 Å². The first-order chi connectivity index (χ1) is 8.38. The van der Waals surface area contributed by atoms with Crippen LogP contribution in [0.3, 0.4) is 0 Å². The van der Waals surface area contributed by atoms with Gasteiger partial charge in [0.1, 0.15) is 17.7 Å². The van der Waals surface area contributed by atoms with E-state index >= 15 is 0 Å². The highest BCUT2D eigenvalue weighted by Gasteiger charge is 2.28. The summed E-state index contributed by atoms with van der Waals surface area (Å²) in [5.41, 5.74) is 7.83. The minimum absolute atomic E-state index is 0.0305. The van der Waals surface area contributed by atoms with Gasteiger partial charge in [0.2, 0.25) is 0 Å². The second kappa shape index (κ2) is 4.23. The predicted molar refractivity (Wildman–Crippen MR) is 72.6 cm³/mol. The molecule has 5 heteroatoms. The molecule has 0 saturated heterocycles. The third-order valence-electron chi connectivity index (χ3n) is 3.53. The van der Waals surface area contributed by atoms with Crippen LogP contribution in [-0.4, -0.2) is 19.6 Å². The molecule has 0 atom stereocenters. The van der Waals surface area contributed by atoms with E-state index in [4.69, 9.17) is 10.7 Å². The van der Waals surface area contributed by atoms with Crippen molar-refractivity contribution in [3.8, 4) is 0 Å². The molecule has 18 heavy (non-hydrogen) atoms. The molecule has 0 amide bonds. The van der Waals surface area contributed by atoms with Crippen molar-refractivity contribution in [3.05, 3.63) is 17.8 Å². The van der Waals surface area contributed by atoms with Crippen LogP contribution in [0.2, 0.25) is 0 Å². The summed E-state index contributed by atoms with van der Waals surface area (Å²) in [6, 6.07) is 0. The van der Waals surface area contributed by atoms with Gasteiger partial charge < -0.3 is 5.73 Å². The highest BCUT2D eigenvalue weighted by atomic mass is 15.3.